The first kappa shape index (κ1) is 14.7. The highest BCUT2D eigenvalue weighted by Gasteiger charge is 2.13. The van der Waals surface area contributed by atoms with Crippen LogP contribution in [0, 0.1) is 5.92 Å². The molecule has 1 aromatic rings. The van der Waals surface area contributed by atoms with Gasteiger partial charge in [-0.15, -0.1) is 0 Å². The SMILES string of the molecule is CC(C)C[C@@H](N)C(=O)NCCCc1ccccc1. The molecular formula is C15H24N2O. The van der Waals surface area contributed by atoms with E-state index in [0.717, 1.165) is 19.3 Å². The second-order valence-corrected chi connectivity index (χ2v) is 5.12. The first-order valence-electron chi connectivity index (χ1n) is 6.67. The van der Waals surface area contributed by atoms with Crippen LogP contribution < -0.4 is 11.1 Å². The molecule has 3 nitrogen and oxygen atoms in total. The Morgan fingerprint density at radius 1 is 1.28 bits per heavy atom. The van der Waals surface area contributed by atoms with E-state index < -0.39 is 0 Å². The van der Waals surface area contributed by atoms with Crippen molar-refractivity contribution in [1.82, 2.24) is 5.32 Å². The molecule has 0 aliphatic carbocycles. The van der Waals surface area contributed by atoms with Crippen LogP contribution >= 0.6 is 0 Å². The van der Waals surface area contributed by atoms with E-state index in [-0.39, 0.29) is 11.9 Å². The maximum Gasteiger partial charge on any atom is 0.236 e. The largest absolute Gasteiger partial charge is 0.355 e. The normalized spacial score (nSPS) is 12.4. The van der Waals surface area contributed by atoms with Gasteiger partial charge in [-0.1, -0.05) is 44.2 Å². The highest BCUT2D eigenvalue weighted by molar-refractivity contribution is 5.81. The van der Waals surface area contributed by atoms with E-state index in [9.17, 15) is 4.79 Å². The zero-order chi connectivity index (χ0) is 13.4. The predicted molar refractivity (Wildman–Crippen MR) is 75.2 cm³/mol. The van der Waals surface area contributed by atoms with Gasteiger partial charge in [-0.05, 0) is 30.7 Å². The zero-order valence-corrected chi connectivity index (χ0v) is 11.4. The Hall–Kier alpha value is -1.35. The van der Waals surface area contributed by atoms with Crippen LogP contribution in [0.15, 0.2) is 30.3 Å². The second kappa shape index (κ2) is 7.88. The lowest BCUT2D eigenvalue weighted by Gasteiger charge is -2.14. The van der Waals surface area contributed by atoms with Crippen molar-refractivity contribution in [3.05, 3.63) is 35.9 Å². The van der Waals surface area contributed by atoms with Gasteiger partial charge in [-0.25, -0.2) is 0 Å². The molecule has 0 fully saturated rings. The monoisotopic (exact) mass is 248 g/mol. The molecular weight excluding hydrogens is 224 g/mol. The van der Waals surface area contributed by atoms with Gasteiger partial charge in [-0.3, -0.25) is 4.79 Å². The molecule has 3 N–H and O–H groups in total. The van der Waals surface area contributed by atoms with Gasteiger partial charge in [0, 0.05) is 6.54 Å². The molecule has 0 saturated heterocycles. The summed E-state index contributed by atoms with van der Waals surface area (Å²) >= 11 is 0. The van der Waals surface area contributed by atoms with E-state index in [0.29, 0.717) is 12.5 Å². The Labute approximate surface area is 110 Å². The van der Waals surface area contributed by atoms with Crippen LogP contribution in [-0.4, -0.2) is 18.5 Å². The van der Waals surface area contributed by atoms with E-state index in [1.54, 1.807) is 0 Å². The number of nitrogens with two attached hydrogens (primary N) is 1. The molecule has 100 valence electrons. The molecule has 0 saturated carbocycles. The quantitative estimate of drug-likeness (QED) is 0.726. The van der Waals surface area contributed by atoms with Gasteiger partial charge in [0.15, 0.2) is 0 Å². The van der Waals surface area contributed by atoms with Crippen LogP contribution in [0.4, 0.5) is 0 Å². The van der Waals surface area contributed by atoms with Crippen LogP contribution in [-0.2, 0) is 11.2 Å². The zero-order valence-electron chi connectivity index (χ0n) is 11.4. The van der Waals surface area contributed by atoms with E-state index in [4.69, 9.17) is 5.73 Å². The van der Waals surface area contributed by atoms with E-state index in [1.807, 2.05) is 18.2 Å². The molecule has 0 radical (unpaired) electrons. The summed E-state index contributed by atoms with van der Waals surface area (Å²) in [5.41, 5.74) is 7.10. The van der Waals surface area contributed by atoms with Crippen molar-refractivity contribution >= 4 is 5.91 Å². The smallest absolute Gasteiger partial charge is 0.236 e. The van der Waals surface area contributed by atoms with Gasteiger partial charge in [0.25, 0.3) is 0 Å². The van der Waals surface area contributed by atoms with E-state index in [2.05, 4.69) is 31.3 Å². The lowest BCUT2D eigenvalue weighted by molar-refractivity contribution is -0.122. The molecule has 1 atom stereocenters. The van der Waals surface area contributed by atoms with Crippen molar-refractivity contribution in [2.75, 3.05) is 6.54 Å². The summed E-state index contributed by atoms with van der Waals surface area (Å²) in [7, 11) is 0. The summed E-state index contributed by atoms with van der Waals surface area (Å²) in [4.78, 5) is 11.7. The average molecular weight is 248 g/mol. The fourth-order valence-corrected chi connectivity index (χ4v) is 1.89. The number of hydrogen-bond acceptors (Lipinski definition) is 2. The molecule has 0 heterocycles. The first-order chi connectivity index (χ1) is 8.59. The molecule has 0 aromatic heterocycles. The van der Waals surface area contributed by atoms with Crippen molar-refractivity contribution in [2.24, 2.45) is 11.7 Å². The average Bonchev–Trinajstić information content (AvgIpc) is 2.34. The van der Waals surface area contributed by atoms with Crippen LogP contribution in [0.5, 0.6) is 0 Å². The van der Waals surface area contributed by atoms with E-state index in [1.165, 1.54) is 5.56 Å². The van der Waals surface area contributed by atoms with Crippen molar-refractivity contribution in [3.8, 4) is 0 Å². The minimum Gasteiger partial charge on any atom is -0.355 e. The highest BCUT2D eigenvalue weighted by Crippen LogP contribution is 2.03. The Morgan fingerprint density at radius 2 is 1.94 bits per heavy atom. The predicted octanol–water partition coefficient (Wildman–Crippen LogP) is 2.11. The maximum absolute atomic E-state index is 11.7. The molecule has 1 aromatic carbocycles. The van der Waals surface area contributed by atoms with Gasteiger partial charge in [0.05, 0.1) is 6.04 Å². The minimum atomic E-state index is -0.373. The number of amides is 1. The molecule has 3 heteroatoms. The van der Waals surface area contributed by atoms with Crippen molar-refractivity contribution in [3.63, 3.8) is 0 Å². The van der Waals surface area contributed by atoms with Gasteiger partial charge in [0.1, 0.15) is 0 Å². The Kier molecular flexibility index (Phi) is 6.44. The number of rotatable bonds is 7. The lowest BCUT2D eigenvalue weighted by Crippen LogP contribution is -2.41. The molecule has 18 heavy (non-hydrogen) atoms. The summed E-state index contributed by atoms with van der Waals surface area (Å²) in [6.45, 7) is 4.84. The number of benzene rings is 1. The van der Waals surface area contributed by atoms with E-state index >= 15 is 0 Å². The molecule has 0 unspecified atom stereocenters. The lowest BCUT2D eigenvalue weighted by atomic mass is 10.0. The van der Waals surface area contributed by atoms with Gasteiger partial charge in [0.2, 0.25) is 5.91 Å². The minimum absolute atomic E-state index is 0.0308. The Morgan fingerprint density at radius 3 is 2.56 bits per heavy atom. The Balaban J connectivity index is 2.16. The molecule has 0 spiro atoms. The number of carbonyl (C=O) groups is 1. The Bertz CT molecular complexity index is 349. The number of carbonyl (C=O) groups excluding carboxylic acids is 1. The third-order valence-corrected chi connectivity index (χ3v) is 2.85. The van der Waals surface area contributed by atoms with Crippen LogP contribution in [0.2, 0.25) is 0 Å². The third-order valence-electron chi connectivity index (χ3n) is 2.85. The van der Waals surface area contributed by atoms with Crippen molar-refractivity contribution in [2.45, 2.75) is 39.2 Å². The summed E-state index contributed by atoms with van der Waals surface area (Å²) in [6.07, 6.45) is 2.68. The first-order valence-corrected chi connectivity index (χ1v) is 6.67. The standard InChI is InChI=1S/C15H24N2O/c1-12(2)11-14(16)15(18)17-10-6-9-13-7-4-3-5-8-13/h3-5,7-8,12,14H,6,9-11,16H2,1-2H3,(H,17,18)/t14-/m1/s1. The number of hydrogen-bond donors (Lipinski definition) is 2. The fourth-order valence-electron chi connectivity index (χ4n) is 1.89. The van der Waals surface area contributed by atoms with Gasteiger partial charge >= 0.3 is 0 Å². The van der Waals surface area contributed by atoms with Gasteiger partial charge < -0.3 is 11.1 Å². The van der Waals surface area contributed by atoms with Crippen LogP contribution in [0.3, 0.4) is 0 Å². The van der Waals surface area contributed by atoms with Crippen molar-refractivity contribution < 1.29 is 4.79 Å². The molecule has 1 rings (SSSR count). The maximum atomic E-state index is 11.7. The topological polar surface area (TPSA) is 55.1 Å². The summed E-state index contributed by atoms with van der Waals surface area (Å²) in [5.74, 6) is 0.423. The molecule has 0 aliphatic heterocycles. The molecule has 0 bridgehead atoms. The molecule has 1 amide bonds. The summed E-state index contributed by atoms with van der Waals surface area (Å²) in [6, 6.07) is 9.91. The van der Waals surface area contributed by atoms with Crippen LogP contribution in [0.25, 0.3) is 0 Å². The van der Waals surface area contributed by atoms with Crippen LogP contribution in [0.1, 0.15) is 32.3 Å². The third kappa shape index (κ3) is 5.82. The summed E-state index contributed by atoms with van der Waals surface area (Å²) in [5, 5.41) is 2.89. The number of aryl methyl sites for hydroxylation is 1. The fraction of sp³-hybridized carbons (Fsp3) is 0.533. The second-order valence-electron chi connectivity index (χ2n) is 5.12. The van der Waals surface area contributed by atoms with Crippen molar-refractivity contribution in [1.29, 1.82) is 0 Å². The van der Waals surface area contributed by atoms with Gasteiger partial charge in [-0.2, -0.15) is 0 Å². The summed E-state index contributed by atoms with van der Waals surface area (Å²) < 4.78 is 0. The highest BCUT2D eigenvalue weighted by atomic mass is 16.2. The molecule has 0 aliphatic rings. The number of nitrogens with one attached hydrogen (secondary N) is 1.